The number of nitrogens with two attached hydrogens (primary N) is 1. The molecular formula is C22H23N5O2. The number of nitrogens with zero attached hydrogens (tertiary/aromatic N) is 2. The van der Waals surface area contributed by atoms with Gasteiger partial charge in [-0.3, -0.25) is 10.8 Å². The maximum absolute atomic E-state index is 12.4. The van der Waals surface area contributed by atoms with Crippen molar-refractivity contribution in [2.45, 2.75) is 19.4 Å². The Kier molecular flexibility index (Phi) is 5.03. The Balaban J connectivity index is 1.43. The van der Waals surface area contributed by atoms with Crippen molar-refractivity contribution in [3.8, 4) is 5.75 Å². The minimum Gasteiger partial charge on any atom is -0.425 e. The van der Waals surface area contributed by atoms with E-state index in [1.54, 1.807) is 28.8 Å². The van der Waals surface area contributed by atoms with Crippen LogP contribution >= 0.6 is 0 Å². The third-order valence-corrected chi connectivity index (χ3v) is 5.17. The second-order valence-electron chi connectivity index (χ2n) is 7.17. The van der Waals surface area contributed by atoms with Gasteiger partial charge in [-0.1, -0.05) is 12.1 Å². The number of aromatic nitrogens is 1. The van der Waals surface area contributed by atoms with Gasteiger partial charge in [0.1, 0.15) is 24.0 Å². The van der Waals surface area contributed by atoms with Crippen LogP contribution < -0.4 is 10.5 Å². The van der Waals surface area contributed by atoms with Gasteiger partial charge in [0.05, 0.1) is 0 Å². The first-order chi connectivity index (χ1) is 14.0. The smallest absolute Gasteiger partial charge is 0.331 e. The fraction of sp³-hybridized carbons (Fsp3) is 0.227. The van der Waals surface area contributed by atoms with E-state index in [0.29, 0.717) is 17.1 Å². The van der Waals surface area contributed by atoms with Crippen molar-refractivity contribution in [3.63, 3.8) is 0 Å². The summed E-state index contributed by atoms with van der Waals surface area (Å²) in [7, 11) is 0. The van der Waals surface area contributed by atoms with E-state index in [1.807, 2.05) is 30.5 Å². The second-order valence-corrected chi connectivity index (χ2v) is 7.17. The number of carbonyl (C=O) groups excluding carboxylic acids is 1. The molecule has 148 valence electrons. The highest BCUT2D eigenvalue weighted by atomic mass is 16.5. The Morgan fingerprint density at radius 3 is 2.38 bits per heavy atom. The number of likely N-dealkylation sites (tertiary alicyclic amines) is 1. The van der Waals surface area contributed by atoms with E-state index >= 15 is 0 Å². The quantitative estimate of drug-likeness (QED) is 0.270. The molecule has 1 saturated heterocycles. The maximum atomic E-state index is 12.4. The first-order valence-corrected chi connectivity index (χ1v) is 9.59. The van der Waals surface area contributed by atoms with E-state index in [2.05, 4.69) is 4.90 Å². The normalized spacial score (nSPS) is 13.6. The van der Waals surface area contributed by atoms with Crippen LogP contribution in [0.4, 0.5) is 0 Å². The molecule has 1 fully saturated rings. The summed E-state index contributed by atoms with van der Waals surface area (Å²) in [6.07, 6.45) is 4.07. The number of nitrogens with one attached hydrogen (secondary N) is 2. The molecule has 7 nitrogen and oxygen atoms in total. The van der Waals surface area contributed by atoms with E-state index in [-0.39, 0.29) is 12.4 Å². The number of hydrogen-bond donors (Lipinski definition) is 3. The van der Waals surface area contributed by atoms with Crippen molar-refractivity contribution in [1.29, 1.82) is 10.8 Å². The van der Waals surface area contributed by atoms with Gasteiger partial charge in [-0.15, -0.1) is 0 Å². The number of amidine groups is 2. The number of esters is 1. The van der Waals surface area contributed by atoms with Gasteiger partial charge in [0.2, 0.25) is 0 Å². The van der Waals surface area contributed by atoms with Gasteiger partial charge in [0.25, 0.3) is 0 Å². The summed E-state index contributed by atoms with van der Waals surface area (Å²) in [5, 5.41) is 16.8. The minimum atomic E-state index is -0.391. The van der Waals surface area contributed by atoms with Crippen molar-refractivity contribution in [2.24, 2.45) is 5.73 Å². The highest BCUT2D eigenvalue weighted by molar-refractivity contribution is 5.99. The summed E-state index contributed by atoms with van der Waals surface area (Å²) >= 11 is 0. The van der Waals surface area contributed by atoms with Crippen LogP contribution in [-0.4, -0.2) is 40.2 Å². The Labute approximate surface area is 168 Å². The van der Waals surface area contributed by atoms with Crippen molar-refractivity contribution in [1.82, 2.24) is 9.47 Å². The number of fused-ring (bicyclic) bond motifs is 1. The average Bonchev–Trinajstić information content (AvgIpc) is 3.38. The van der Waals surface area contributed by atoms with Gasteiger partial charge >= 0.3 is 5.97 Å². The number of nitrogen functional groups attached to an aromatic ring is 1. The van der Waals surface area contributed by atoms with Crippen LogP contribution in [-0.2, 0) is 11.3 Å². The zero-order valence-electron chi connectivity index (χ0n) is 16.0. The Bertz CT molecular complexity index is 1080. The molecule has 0 spiro atoms. The van der Waals surface area contributed by atoms with Crippen molar-refractivity contribution in [2.75, 3.05) is 13.1 Å². The van der Waals surface area contributed by atoms with Crippen molar-refractivity contribution in [3.05, 3.63) is 65.9 Å². The molecule has 1 aromatic heterocycles. The van der Waals surface area contributed by atoms with Crippen LogP contribution in [0.1, 0.15) is 24.0 Å². The van der Waals surface area contributed by atoms with Crippen LogP contribution in [0.25, 0.3) is 10.9 Å². The van der Waals surface area contributed by atoms with Crippen molar-refractivity contribution < 1.29 is 9.53 Å². The first-order valence-electron chi connectivity index (χ1n) is 9.59. The Morgan fingerprint density at radius 2 is 1.69 bits per heavy atom. The summed E-state index contributed by atoms with van der Waals surface area (Å²) in [5.74, 6) is 0.564. The fourth-order valence-electron chi connectivity index (χ4n) is 3.60. The van der Waals surface area contributed by atoms with E-state index < -0.39 is 5.97 Å². The van der Waals surface area contributed by atoms with Gasteiger partial charge in [-0.2, -0.15) is 0 Å². The van der Waals surface area contributed by atoms with Crippen LogP contribution in [0.15, 0.2) is 54.7 Å². The predicted molar refractivity (Wildman–Crippen MR) is 113 cm³/mol. The first kappa shape index (κ1) is 18.7. The molecule has 0 bridgehead atoms. The van der Waals surface area contributed by atoms with Crippen LogP contribution in [0, 0.1) is 10.8 Å². The number of ether oxygens (including phenoxy) is 1. The molecule has 7 heteroatoms. The summed E-state index contributed by atoms with van der Waals surface area (Å²) in [4.78, 5) is 14.5. The van der Waals surface area contributed by atoms with Crippen LogP contribution in [0.3, 0.4) is 0 Å². The molecule has 1 aliphatic rings. The molecule has 1 aliphatic heterocycles. The fourth-order valence-corrected chi connectivity index (χ4v) is 3.60. The third kappa shape index (κ3) is 3.99. The topological polar surface area (TPSA) is 108 Å². The number of rotatable bonds is 5. The Hall–Kier alpha value is -3.61. The monoisotopic (exact) mass is 389 g/mol. The SMILES string of the molecule is N=C(N)c1ccc2ccn(CC(=O)Oc3ccc(C(=N)N4CCCC4)cc3)c2c1. The second kappa shape index (κ2) is 7.79. The number of carbonyl (C=O) groups is 1. The highest BCUT2D eigenvalue weighted by Crippen LogP contribution is 2.19. The Morgan fingerprint density at radius 1 is 1.00 bits per heavy atom. The summed E-state index contributed by atoms with van der Waals surface area (Å²) in [6, 6.07) is 14.4. The lowest BCUT2D eigenvalue weighted by Gasteiger charge is -2.18. The summed E-state index contributed by atoms with van der Waals surface area (Å²) in [5.41, 5.74) is 7.82. The van der Waals surface area contributed by atoms with E-state index in [9.17, 15) is 4.79 Å². The lowest BCUT2D eigenvalue weighted by molar-refractivity contribution is -0.134. The largest absolute Gasteiger partial charge is 0.425 e. The lowest BCUT2D eigenvalue weighted by Crippen LogP contribution is -2.27. The van der Waals surface area contributed by atoms with Gasteiger partial charge in [-0.05, 0) is 54.6 Å². The van der Waals surface area contributed by atoms with Gasteiger partial charge in [0.15, 0.2) is 0 Å². The molecule has 0 saturated carbocycles. The summed E-state index contributed by atoms with van der Waals surface area (Å²) in [6.45, 7) is 1.90. The molecule has 0 amide bonds. The zero-order chi connectivity index (χ0) is 20.4. The minimum absolute atomic E-state index is 0.0122. The molecule has 29 heavy (non-hydrogen) atoms. The molecule has 0 aliphatic carbocycles. The van der Waals surface area contributed by atoms with Crippen LogP contribution in [0.2, 0.25) is 0 Å². The highest BCUT2D eigenvalue weighted by Gasteiger charge is 2.16. The molecule has 0 unspecified atom stereocenters. The molecule has 0 radical (unpaired) electrons. The standard InChI is InChI=1S/C22H23N5O2/c23-21(24)17-4-3-15-9-12-27(19(15)13-17)14-20(28)29-18-7-5-16(6-8-18)22(25)26-10-1-2-11-26/h3-9,12-13,25H,1-2,10-11,14H2,(H3,23,24). The molecule has 3 aromatic rings. The van der Waals surface area contributed by atoms with Gasteiger partial charge in [0, 0.05) is 35.9 Å². The lowest BCUT2D eigenvalue weighted by atomic mass is 10.1. The molecule has 4 N–H and O–H groups in total. The molecular weight excluding hydrogens is 366 g/mol. The third-order valence-electron chi connectivity index (χ3n) is 5.17. The predicted octanol–water partition coefficient (Wildman–Crippen LogP) is 2.95. The van der Waals surface area contributed by atoms with Crippen molar-refractivity contribution >= 4 is 28.5 Å². The summed E-state index contributed by atoms with van der Waals surface area (Å²) < 4.78 is 7.24. The van der Waals surface area contributed by atoms with E-state index in [0.717, 1.165) is 42.4 Å². The molecule has 0 atom stereocenters. The molecule has 4 rings (SSSR count). The van der Waals surface area contributed by atoms with E-state index in [1.165, 1.54) is 0 Å². The number of benzene rings is 2. The van der Waals surface area contributed by atoms with Crippen LogP contribution in [0.5, 0.6) is 5.75 Å². The average molecular weight is 389 g/mol. The number of hydrogen-bond acceptors (Lipinski definition) is 4. The zero-order valence-corrected chi connectivity index (χ0v) is 16.0. The maximum Gasteiger partial charge on any atom is 0.331 e. The van der Waals surface area contributed by atoms with Gasteiger partial charge < -0.3 is 19.9 Å². The molecule has 2 heterocycles. The molecule has 2 aromatic carbocycles. The van der Waals surface area contributed by atoms with Gasteiger partial charge in [-0.25, -0.2) is 4.79 Å². The van der Waals surface area contributed by atoms with E-state index in [4.69, 9.17) is 21.3 Å².